The lowest BCUT2D eigenvalue weighted by atomic mass is 10.1. The van der Waals surface area contributed by atoms with Gasteiger partial charge in [-0.3, -0.25) is 4.79 Å². The van der Waals surface area contributed by atoms with Crippen molar-refractivity contribution in [3.05, 3.63) is 38.8 Å². The van der Waals surface area contributed by atoms with Crippen LogP contribution in [0, 0.1) is 6.92 Å². The lowest BCUT2D eigenvalue weighted by molar-refractivity contribution is 0.355. The molecule has 0 aliphatic heterocycles. The largest absolute Gasteiger partial charge is 0.493 e. The fourth-order valence-corrected chi connectivity index (χ4v) is 2.40. The summed E-state index contributed by atoms with van der Waals surface area (Å²) in [6, 6.07) is 3.42. The van der Waals surface area contributed by atoms with Crippen molar-refractivity contribution in [3.8, 4) is 22.9 Å². The third kappa shape index (κ3) is 2.88. The van der Waals surface area contributed by atoms with Crippen molar-refractivity contribution in [3.63, 3.8) is 0 Å². The quantitative estimate of drug-likeness (QED) is 0.943. The van der Waals surface area contributed by atoms with Gasteiger partial charge < -0.3 is 14.5 Å². The molecule has 0 unspecified atom stereocenters. The number of halogens is 1. The van der Waals surface area contributed by atoms with Gasteiger partial charge in [0, 0.05) is 11.1 Å². The van der Waals surface area contributed by atoms with Crippen LogP contribution in [-0.2, 0) is 6.42 Å². The van der Waals surface area contributed by atoms with Crippen LogP contribution in [0.4, 0.5) is 0 Å². The predicted molar refractivity (Wildman–Crippen MR) is 82.5 cm³/mol. The highest BCUT2D eigenvalue weighted by molar-refractivity contribution is 6.32. The molecular weight excluding hydrogens is 292 g/mol. The van der Waals surface area contributed by atoms with Gasteiger partial charge in [0.25, 0.3) is 5.56 Å². The van der Waals surface area contributed by atoms with E-state index in [1.165, 1.54) is 14.2 Å². The molecule has 0 radical (unpaired) electrons. The molecule has 0 bridgehead atoms. The van der Waals surface area contributed by atoms with E-state index in [0.29, 0.717) is 39.9 Å². The van der Waals surface area contributed by atoms with E-state index < -0.39 is 0 Å². The molecule has 1 aromatic heterocycles. The van der Waals surface area contributed by atoms with Gasteiger partial charge in [0.05, 0.1) is 24.9 Å². The third-order valence-corrected chi connectivity index (χ3v) is 3.57. The Hall–Kier alpha value is -2.01. The molecule has 2 aromatic rings. The second-order valence-electron chi connectivity index (χ2n) is 4.53. The highest BCUT2D eigenvalue weighted by atomic mass is 35.5. The molecule has 0 atom stereocenters. The van der Waals surface area contributed by atoms with Gasteiger partial charge in [-0.2, -0.15) is 0 Å². The Kier molecular flexibility index (Phi) is 4.53. The van der Waals surface area contributed by atoms with Crippen molar-refractivity contribution >= 4 is 11.6 Å². The molecule has 1 heterocycles. The highest BCUT2D eigenvalue weighted by Crippen LogP contribution is 2.38. The van der Waals surface area contributed by atoms with E-state index in [0.717, 1.165) is 5.69 Å². The molecule has 0 amide bonds. The van der Waals surface area contributed by atoms with Crippen molar-refractivity contribution in [1.29, 1.82) is 0 Å². The number of nitrogens with one attached hydrogen (secondary N) is 1. The Morgan fingerprint density at radius 3 is 2.57 bits per heavy atom. The zero-order valence-electron chi connectivity index (χ0n) is 12.4. The topological polar surface area (TPSA) is 64.2 Å². The van der Waals surface area contributed by atoms with Crippen molar-refractivity contribution in [2.45, 2.75) is 20.3 Å². The van der Waals surface area contributed by atoms with Crippen LogP contribution in [0.25, 0.3) is 11.4 Å². The summed E-state index contributed by atoms with van der Waals surface area (Å²) in [5.74, 6) is 1.40. The van der Waals surface area contributed by atoms with Crippen LogP contribution in [0.1, 0.15) is 18.2 Å². The van der Waals surface area contributed by atoms with Gasteiger partial charge in [0.1, 0.15) is 5.82 Å². The van der Waals surface area contributed by atoms with Gasteiger partial charge in [0.15, 0.2) is 11.5 Å². The molecule has 1 N–H and O–H groups in total. The number of rotatable bonds is 4. The van der Waals surface area contributed by atoms with Crippen LogP contribution in [-0.4, -0.2) is 24.2 Å². The number of H-pyrrole nitrogens is 1. The number of aromatic amines is 1. The fraction of sp³-hybridized carbons (Fsp3) is 0.333. The predicted octanol–water partition coefficient (Wildman–Crippen LogP) is 2.98. The lowest BCUT2D eigenvalue weighted by Crippen LogP contribution is -2.15. The molecular formula is C15H17ClN2O3. The number of ether oxygens (including phenoxy) is 2. The number of aromatic nitrogens is 2. The molecule has 0 spiro atoms. The monoisotopic (exact) mass is 308 g/mol. The summed E-state index contributed by atoms with van der Waals surface area (Å²) >= 11 is 6.18. The van der Waals surface area contributed by atoms with Gasteiger partial charge >= 0.3 is 0 Å². The molecule has 21 heavy (non-hydrogen) atoms. The maximum atomic E-state index is 12.0. The first kappa shape index (κ1) is 15.4. The summed E-state index contributed by atoms with van der Waals surface area (Å²) in [5, 5.41) is 0.396. The van der Waals surface area contributed by atoms with Crippen molar-refractivity contribution in [2.24, 2.45) is 0 Å². The first-order valence-electron chi connectivity index (χ1n) is 6.53. The molecule has 0 aliphatic rings. The third-order valence-electron chi connectivity index (χ3n) is 3.29. The summed E-state index contributed by atoms with van der Waals surface area (Å²) in [6.07, 6.45) is 0.684. The zero-order chi connectivity index (χ0) is 15.6. The van der Waals surface area contributed by atoms with Crippen LogP contribution >= 0.6 is 11.6 Å². The Morgan fingerprint density at radius 1 is 1.29 bits per heavy atom. The van der Waals surface area contributed by atoms with Crippen LogP contribution in [0.3, 0.4) is 0 Å². The first-order valence-corrected chi connectivity index (χ1v) is 6.91. The number of hydrogen-bond donors (Lipinski definition) is 1. The summed E-state index contributed by atoms with van der Waals surface area (Å²) in [5.41, 5.74) is 1.92. The van der Waals surface area contributed by atoms with E-state index >= 15 is 0 Å². The fourth-order valence-electron chi connectivity index (χ4n) is 2.11. The Morgan fingerprint density at radius 2 is 2.00 bits per heavy atom. The minimum Gasteiger partial charge on any atom is -0.493 e. The van der Waals surface area contributed by atoms with Crippen LogP contribution < -0.4 is 15.0 Å². The maximum absolute atomic E-state index is 12.0. The second-order valence-corrected chi connectivity index (χ2v) is 4.94. The summed E-state index contributed by atoms with van der Waals surface area (Å²) in [6.45, 7) is 3.72. The molecule has 112 valence electrons. The minimum absolute atomic E-state index is 0.150. The summed E-state index contributed by atoms with van der Waals surface area (Å²) < 4.78 is 10.5. The number of aryl methyl sites for hydroxylation is 1. The van der Waals surface area contributed by atoms with E-state index in [1.807, 2.05) is 6.92 Å². The SMILES string of the molecule is CCc1nc(-c2cc(Cl)c(OC)c(OC)c2)[nH]c(=O)c1C. The van der Waals surface area contributed by atoms with E-state index in [2.05, 4.69) is 9.97 Å². The van der Waals surface area contributed by atoms with Crippen LogP contribution in [0.5, 0.6) is 11.5 Å². The van der Waals surface area contributed by atoms with E-state index in [-0.39, 0.29) is 5.56 Å². The number of methoxy groups -OCH3 is 2. The summed E-state index contributed by atoms with van der Waals surface area (Å²) in [7, 11) is 3.05. The van der Waals surface area contributed by atoms with Gasteiger partial charge in [-0.05, 0) is 25.5 Å². The summed E-state index contributed by atoms with van der Waals surface area (Å²) in [4.78, 5) is 19.2. The van der Waals surface area contributed by atoms with Gasteiger partial charge in [0.2, 0.25) is 0 Å². The molecule has 5 nitrogen and oxygen atoms in total. The maximum Gasteiger partial charge on any atom is 0.254 e. The van der Waals surface area contributed by atoms with E-state index in [1.54, 1.807) is 19.1 Å². The standard InChI is InChI=1S/C15H17ClN2O3/c1-5-11-8(2)15(19)18-14(17-11)9-6-10(16)13(21-4)12(7-9)20-3/h6-7H,5H2,1-4H3,(H,17,18,19). The first-order chi connectivity index (χ1) is 10.0. The van der Waals surface area contributed by atoms with E-state index in [9.17, 15) is 4.79 Å². The number of nitrogens with zero attached hydrogens (tertiary/aromatic N) is 1. The van der Waals surface area contributed by atoms with Crippen molar-refractivity contribution in [1.82, 2.24) is 9.97 Å². The van der Waals surface area contributed by atoms with E-state index in [4.69, 9.17) is 21.1 Å². The smallest absolute Gasteiger partial charge is 0.254 e. The molecule has 1 aromatic carbocycles. The Balaban J connectivity index is 2.65. The molecule has 0 saturated heterocycles. The highest BCUT2D eigenvalue weighted by Gasteiger charge is 2.14. The Bertz CT molecular complexity index is 726. The van der Waals surface area contributed by atoms with Gasteiger partial charge in [-0.25, -0.2) is 4.98 Å². The van der Waals surface area contributed by atoms with Gasteiger partial charge in [-0.15, -0.1) is 0 Å². The zero-order valence-corrected chi connectivity index (χ0v) is 13.2. The Labute approximate surface area is 127 Å². The molecule has 2 rings (SSSR count). The van der Waals surface area contributed by atoms with Crippen molar-refractivity contribution < 1.29 is 9.47 Å². The average molecular weight is 309 g/mol. The lowest BCUT2D eigenvalue weighted by Gasteiger charge is -2.12. The molecule has 0 fully saturated rings. The van der Waals surface area contributed by atoms with Crippen molar-refractivity contribution in [2.75, 3.05) is 14.2 Å². The number of hydrogen-bond acceptors (Lipinski definition) is 4. The van der Waals surface area contributed by atoms with Gasteiger partial charge in [-0.1, -0.05) is 18.5 Å². The average Bonchev–Trinajstić information content (AvgIpc) is 2.48. The second kappa shape index (κ2) is 6.18. The molecule has 0 aliphatic carbocycles. The normalized spacial score (nSPS) is 10.5. The molecule has 6 heteroatoms. The molecule has 0 saturated carbocycles. The minimum atomic E-state index is -0.150. The van der Waals surface area contributed by atoms with Crippen LogP contribution in [0.15, 0.2) is 16.9 Å². The number of benzene rings is 1. The van der Waals surface area contributed by atoms with Crippen LogP contribution in [0.2, 0.25) is 5.02 Å².